The minimum Gasteiger partial charge on any atom is -0.369 e. The third kappa shape index (κ3) is 4.11. The maximum atomic E-state index is 6.14. The smallest absolute Gasteiger partial charge is 0.0952 e. The molecule has 1 aromatic rings. The molecule has 2 heteroatoms. The van der Waals surface area contributed by atoms with E-state index in [0.29, 0.717) is 6.10 Å². The molecule has 100 valence electrons. The van der Waals surface area contributed by atoms with Gasteiger partial charge in [0.2, 0.25) is 0 Å². The van der Waals surface area contributed by atoms with Crippen LogP contribution in [0.5, 0.6) is 0 Å². The maximum absolute atomic E-state index is 6.14. The van der Waals surface area contributed by atoms with Crippen molar-refractivity contribution in [3.05, 3.63) is 35.4 Å². The van der Waals surface area contributed by atoms with E-state index in [9.17, 15) is 0 Å². The molecule has 1 saturated carbocycles. The molecular weight excluding hydrogens is 222 g/mol. The van der Waals surface area contributed by atoms with Crippen LogP contribution >= 0.6 is 0 Å². The quantitative estimate of drug-likeness (QED) is 0.795. The second-order valence-corrected chi connectivity index (χ2v) is 5.44. The molecule has 1 fully saturated rings. The molecule has 1 N–H and O–H groups in total. The first-order chi connectivity index (χ1) is 8.69. The number of ether oxygens (including phenoxy) is 1. The van der Waals surface area contributed by atoms with Gasteiger partial charge in [0.15, 0.2) is 0 Å². The minimum atomic E-state index is 0.182. The van der Waals surface area contributed by atoms with Gasteiger partial charge in [-0.15, -0.1) is 0 Å². The predicted octanol–water partition coefficient (Wildman–Crippen LogP) is 3.60. The average Bonchev–Trinajstić information content (AvgIpc) is 3.19. The third-order valence-electron chi connectivity index (χ3n) is 3.59. The normalized spacial score (nSPS) is 18.6. The lowest BCUT2D eigenvalue weighted by molar-refractivity contribution is -0.00470. The number of hydrogen-bond donors (Lipinski definition) is 1. The summed E-state index contributed by atoms with van der Waals surface area (Å²) >= 11 is 0. The van der Waals surface area contributed by atoms with Crippen molar-refractivity contribution in [2.75, 3.05) is 6.54 Å². The molecule has 2 rings (SSSR count). The number of aryl methyl sites for hydroxylation is 1. The third-order valence-corrected chi connectivity index (χ3v) is 3.59. The summed E-state index contributed by atoms with van der Waals surface area (Å²) in [5, 5.41) is 3.57. The number of hydrogen-bond acceptors (Lipinski definition) is 2. The molecule has 0 spiro atoms. The van der Waals surface area contributed by atoms with Crippen molar-refractivity contribution in [3.8, 4) is 0 Å². The molecule has 2 atom stereocenters. The van der Waals surface area contributed by atoms with E-state index in [1.807, 2.05) is 0 Å². The zero-order chi connectivity index (χ0) is 13.0. The Hall–Kier alpha value is -0.860. The van der Waals surface area contributed by atoms with Crippen LogP contribution in [-0.2, 0) is 4.74 Å². The Balaban J connectivity index is 1.99. The molecule has 0 saturated heterocycles. The lowest BCUT2D eigenvalue weighted by Gasteiger charge is -2.23. The van der Waals surface area contributed by atoms with E-state index in [1.165, 1.54) is 24.0 Å². The fourth-order valence-electron chi connectivity index (χ4n) is 1.96. The van der Waals surface area contributed by atoms with Crippen LogP contribution in [0.4, 0.5) is 0 Å². The van der Waals surface area contributed by atoms with Gasteiger partial charge in [0.25, 0.3) is 0 Å². The highest BCUT2D eigenvalue weighted by atomic mass is 16.5. The van der Waals surface area contributed by atoms with Crippen molar-refractivity contribution < 1.29 is 4.74 Å². The average molecular weight is 247 g/mol. The summed E-state index contributed by atoms with van der Waals surface area (Å²) in [6, 6.07) is 9.45. The van der Waals surface area contributed by atoms with Gasteiger partial charge in [-0.25, -0.2) is 0 Å². The summed E-state index contributed by atoms with van der Waals surface area (Å²) in [6.45, 7) is 7.37. The Morgan fingerprint density at radius 3 is 2.50 bits per heavy atom. The molecule has 0 bridgehead atoms. The van der Waals surface area contributed by atoms with Crippen molar-refractivity contribution in [3.63, 3.8) is 0 Å². The summed E-state index contributed by atoms with van der Waals surface area (Å²) in [5.74, 6) is 0. The zero-order valence-electron chi connectivity index (χ0n) is 11.8. The number of rotatable bonds is 7. The van der Waals surface area contributed by atoms with E-state index in [-0.39, 0.29) is 6.10 Å². The standard InChI is InChI=1S/C16H25NO/c1-4-13(3)18-16(11-17-15-9-10-15)14-7-5-12(2)6-8-14/h5-8,13,15-17H,4,9-11H2,1-3H3. The number of benzene rings is 1. The fourth-order valence-corrected chi connectivity index (χ4v) is 1.96. The van der Waals surface area contributed by atoms with Crippen molar-refractivity contribution in [1.82, 2.24) is 5.32 Å². The molecule has 2 unspecified atom stereocenters. The largest absolute Gasteiger partial charge is 0.369 e. The van der Waals surface area contributed by atoms with Gasteiger partial charge in [0, 0.05) is 12.6 Å². The molecule has 2 nitrogen and oxygen atoms in total. The van der Waals surface area contributed by atoms with Gasteiger partial charge < -0.3 is 10.1 Å². The van der Waals surface area contributed by atoms with Crippen molar-refractivity contribution in [1.29, 1.82) is 0 Å². The molecule has 18 heavy (non-hydrogen) atoms. The Bertz CT molecular complexity index is 356. The second-order valence-electron chi connectivity index (χ2n) is 5.44. The maximum Gasteiger partial charge on any atom is 0.0952 e. The van der Waals surface area contributed by atoms with Crippen LogP contribution in [-0.4, -0.2) is 18.7 Å². The molecular formula is C16H25NO. The zero-order valence-corrected chi connectivity index (χ0v) is 11.8. The van der Waals surface area contributed by atoms with Gasteiger partial charge in [-0.3, -0.25) is 0 Å². The highest BCUT2D eigenvalue weighted by Gasteiger charge is 2.23. The first-order valence-electron chi connectivity index (χ1n) is 7.14. The van der Waals surface area contributed by atoms with Gasteiger partial charge in [-0.05, 0) is 38.7 Å². The molecule has 0 aromatic heterocycles. The Morgan fingerprint density at radius 1 is 1.28 bits per heavy atom. The monoisotopic (exact) mass is 247 g/mol. The molecule has 1 aromatic carbocycles. The van der Waals surface area contributed by atoms with Crippen molar-refractivity contribution in [2.24, 2.45) is 0 Å². The molecule has 0 amide bonds. The Labute approximate surface area is 111 Å². The van der Waals surface area contributed by atoms with E-state index in [4.69, 9.17) is 4.74 Å². The Morgan fingerprint density at radius 2 is 1.94 bits per heavy atom. The van der Waals surface area contributed by atoms with Crippen LogP contribution in [0.15, 0.2) is 24.3 Å². The highest BCUT2D eigenvalue weighted by molar-refractivity contribution is 5.23. The minimum absolute atomic E-state index is 0.182. The number of nitrogens with one attached hydrogen (secondary N) is 1. The molecule has 1 aliphatic carbocycles. The summed E-state index contributed by atoms with van der Waals surface area (Å²) in [4.78, 5) is 0. The molecule has 0 radical (unpaired) electrons. The van der Waals surface area contributed by atoms with Crippen LogP contribution in [0.1, 0.15) is 50.3 Å². The van der Waals surface area contributed by atoms with Gasteiger partial charge in [-0.2, -0.15) is 0 Å². The molecule has 0 aliphatic heterocycles. The summed E-state index contributed by atoms with van der Waals surface area (Å²) in [6.07, 6.45) is 4.21. The molecule has 0 heterocycles. The summed E-state index contributed by atoms with van der Waals surface area (Å²) in [7, 11) is 0. The SMILES string of the molecule is CCC(C)OC(CNC1CC1)c1ccc(C)cc1. The summed E-state index contributed by atoms with van der Waals surface area (Å²) < 4.78 is 6.14. The first-order valence-corrected chi connectivity index (χ1v) is 7.14. The van der Waals surface area contributed by atoms with Crippen molar-refractivity contribution >= 4 is 0 Å². The van der Waals surface area contributed by atoms with Crippen LogP contribution in [0, 0.1) is 6.92 Å². The van der Waals surface area contributed by atoms with E-state index < -0.39 is 0 Å². The van der Waals surface area contributed by atoms with Crippen LogP contribution in [0.25, 0.3) is 0 Å². The Kier molecular flexibility index (Phi) is 4.79. The lowest BCUT2D eigenvalue weighted by Crippen LogP contribution is -2.27. The van der Waals surface area contributed by atoms with Gasteiger partial charge in [0.05, 0.1) is 12.2 Å². The van der Waals surface area contributed by atoms with Gasteiger partial charge in [-0.1, -0.05) is 36.8 Å². The molecule has 1 aliphatic rings. The van der Waals surface area contributed by atoms with E-state index >= 15 is 0 Å². The summed E-state index contributed by atoms with van der Waals surface area (Å²) in [5.41, 5.74) is 2.59. The highest BCUT2D eigenvalue weighted by Crippen LogP contribution is 2.23. The fraction of sp³-hybridized carbons (Fsp3) is 0.625. The first kappa shape index (κ1) is 13.6. The van der Waals surface area contributed by atoms with E-state index in [2.05, 4.69) is 50.4 Å². The van der Waals surface area contributed by atoms with E-state index in [0.717, 1.165) is 19.0 Å². The van der Waals surface area contributed by atoms with Crippen LogP contribution in [0.3, 0.4) is 0 Å². The predicted molar refractivity (Wildman–Crippen MR) is 75.8 cm³/mol. The topological polar surface area (TPSA) is 21.3 Å². The lowest BCUT2D eigenvalue weighted by atomic mass is 10.1. The van der Waals surface area contributed by atoms with Gasteiger partial charge in [0.1, 0.15) is 0 Å². The van der Waals surface area contributed by atoms with Gasteiger partial charge >= 0.3 is 0 Å². The van der Waals surface area contributed by atoms with E-state index in [1.54, 1.807) is 0 Å². The van der Waals surface area contributed by atoms with Crippen molar-refractivity contribution in [2.45, 2.75) is 58.3 Å². The van der Waals surface area contributed by atoms with Crippen LogP contribution < -0.4 is 5.32 Å². The van der Waals surface area contributed by atoms with Crippen LogP contribution in [0.2, 0.25) is 0 Å². The second kappa shape index (κ2) is 6.35.